The Hall–Kier alpha value is -0.890. The lowest BCUT2D eigenvalue weighted by atomic mass is 10.0. The minimum atomic E-state index is 0.820. The van der Waals surface area contributed by atoms with Crippen LogP contribution in [0.3, 0.4) is 0 Å². The molecule has 0 spiro atoms. The van der Waals surface area contributed by atoms with Gasteiger partial charge in [-0.25, -0.2) is 0 Å². The molecular weight excluding hydrogens is 178 g/mol. The molecular formula is C11H15NS. The third-order valence-corrected chi connectivity index (χ3v) is 2.74. The molecule has 0 heterocycles. The summed E-state index contributed by atoms with van der Waals surface area (Å²) >= 11 is 5.20. The highest BCUT2D eigenvalue weighted by atomic mass is 32.1. The van der Waals surface area contributed by atoms with Gasteiger partial charge in [0, 0.05) is 12.6 Å². The summed E-state index contributed by atoms with van der Waals surface area (Å²) in [6.07, 6.45) is 0. The molecule has 0 aliphatic carbocycles. The summed E-state index contributed by atoms with van der Waals surface area (Å²) in [5.41, 5.74) is 4.99. The smallest absolute Gasteiger partial charge is 0.106 e. The summed E-state index contributed by atoms with van der Waals surface area (Å²) in [5.74, 6) is 0. The Morgan fingerprint density at radius 1 is 1.08 bits per heavy atom. The summed E-state index contributed by atoms with van der Waals surface area (Å²) in [6.45, 7) is 6.32. The van der Waals surface area contributed by atoms with Gasteiger partial charge in [0.15, 0.2) is 0 Å². The molecule has 1 aromatic rings. The van der Waals surface area contributed by atoms with Crippen molar-refractivity contribution in [2.45, 2.75) is 20.8 Å². The van der Waals surface area contributed by atoms with Crippen molar-refractivity contribution in [3.05, 3.63) is 34.4 Å². The van der Waals surface area contributed by atoms with E-state index in [2.05, 4.69) is 38.2 Å². The zero-order valence-electron chi connectivity index (χ0n) is 8.56. The standard InChI is InChI=1S/C11H15NS/c1-7-5-9(3)10(6-8(7)2)11(13)12-4/h5-6H,1-4H3,(H,12,13). The fourth-order valence-corrected chi connectivity index (χ4v) is 1.56. The average Bonchev–Trinajstić information content (AvgIpc) is 2.10. The molecule has 0 aliphatic heterocycles. The molecule has 70 valence electrons. The second-order valence-corrected chi connectivity index (χ2v) is 3.74. The molecule has 0 bridgehead atoms. The van der Waals surface area contributed by atoms with Gasteiger partial charge < -0.3 is 5.32 Å². The molecule has 0 unspecified atom stereocenters. The molecule has 2 heteroatoms. The van der Waals surface area contributed by atoms with E-state index >= 15 is 0 Å². The third-order valence-electron chi connectivity index (χ3n) is 2.31. The fraction of sp³-hybridized carbons (Fsp3) is 0.364. The van der Waals surface area contributed by atoms with Crippen LogP contribution in [0.25, 0.3) is 0 Å². The summed E-state index contributed by atoms with van der Waals surface area (Å²) in [5, 5.41) is 3.00. The first-order chi connectivity index (χ1) is 6.06. The zero-order valence-corrected chi connectivity index (χ0v) is 9.38. The molecule has 0 atom stereocenters. The molecule has 0 saturated carbocycles. The van der Waals surface area contributed by atoms with Crippen LogP contribution in [0.15, 0.2) is 12.1 Å². The highest BCUT2D eigenvalue weighted by molar-refractivity contribution is 7.80. The lowest BCUT2D eigenvalue weighted by Crippen LogP contribution is -2.17. The largest absolute Gasteiger partial charge is 0.379 e. The van der Waals surface area contributed by atoms with Gasteiger partial charge in [0.2, 0.25) is 0 Å². The van der Waals surface area contributed by atoms with Gasteiger partial charge in [-0.05, 0) is 43.5 Å². The Balaban J connectivity index is 3.23. The predicted molar refractivity (Wildman–Crippen MR) is 61.4 cm³/mol. The van der Waals surface area contributed by atoms with Gasteiger partial charge in [-0.15, -0.1) is 0 Å². The van der Waals surface area contributed by atoms with Crippen molar-refractivity contribution in [2.75, 3.05) is 7.05 Å². The number of rotatable bonds is 1. The summed E-state index contributed by atoms with van der Waals surface area (Å²) in [7, 11) is 1.86. The van der Waals surface area contributed by atoms with Crippen molar-refractivity contribution >= 4 is 17.2 Å². The first-order valence-electron chi connectivity index (χ1n) is 4.36. The van der Waals surface area contributed by atoms with E-state index in [0.717, 1.165) is 10.6 Å². The number of thiocarbonyl (C=S) groups is 1. The van der Waals surface area contributed by atoms with Crippen molar-refractivity contribution in [3.8, 4) is 0 Å². The maximum Gasteiger partial charge on any atom is 0.106 e. The zero-order chi connectivity index (χ0) is 10.0. The molecule has 0 radical (unpaired) electrons. The third kappa shape index (κ3) is 2.07. The molecule has 0 aliphatic rings. The maximum atomic E-state index is 5.20. The van der Waals surface area contributed by atoms with Crippen molar-refractivity contribution in [1.82, 2.24) is 5.32 Å². The van der Waals surface area contributed by atoms with Crippen LogP contribution in [0, 0.1) is 20.8 Å². The van der Waals surface area contributed by atoms with E-state index in [1.807, 2.05) is 7.05 Å². The monoisotopic (exact) mass is 193 g/mol. The highest BCUT2D eigenvalue weighted by Crippen LogP contribution is 2.15. The minimum absolute atomic E-state index is 0.820. The van der Waals surface area contributed by atoms with Crippen LogP contribution in [0.4, 0.5) is 0 Å². The van der Waals surface area contributed by atoms with Gasteiger partial charge >= 0.3 is 0 Å². The van der Waals surface area contributed by atoms with E-state index in [1.165, 1.54) is 16.7 Å². The Labute approximate surface area is 85.2 Å². The first-order valence-corrected chi connectivity index (χ1v) is 4.77. The second-order valence-electron chi connectivity index (χ2n) is 3.33. The first kappa shape index (κ1) is 10.2. The molecule has 1 N–H and O–H groups in total. The molecule has 0 aromatic heterocycles. The van der Waals surface area contributed by atoms with E-state index in [9.17, 15) is 0 Å². The second kappa shape index (κ2) is 3.88. The molecule has 0 saturated heterocycles. The molecule has 1 nitrogen and oxygen atoms in total. The average molecular weight is 193 g/mol. The number of benzene rings is 1. The van der Waals surface area contributed by atoms with Crippen LogP contribution in [-0.2, 0) is 0 Å². The molecule has 0 amide bonds. The van der Waals surface area contributed by atoms with E-state index in [4.69, 9.17) is 12.2 Å². The number of hydrogen-bond acceptors (Lipinski definition) is 1. The van der Waals surface area contributed by atoms with E-state index in [1.54, 1.807) is 0 Å². The van der Waals surface area contributed by atoms with Crippen LogP contribution in [0.2, 0.25) is 0 Å². The molecule has 13 heavy (non-hydrogen) atoms. The van der Waals surface area contributed by atoms with Crippen LogP contribution in [-0.4, -0.2) is 12.0 Å². The van der Waals surface area contributed by atoms with Crippen molar-refractivity contribution in [1.29, 1.82) is 0 Å². The van der Waals surface area contributed by atoms with Gasteiger partial charge in [-0.1, -0.05) is 18.3 Å². The topological polar surface area (TPSA) is 12.0 Å². The van der Waals surface area contributed by atoms with E-state index < -0.39 is 0 Å². The van der Waals surface area contributed by atoms with Crippen molar-refractivity contribution in [2.24, 2.45) is 0 Å². The summed E-state index contributed by atoms with van der Waals surface area (Å²) < 4.78 is 0. The molecule has 1 aromatic carbocycles. The van der Waals surface area contributed by atoms with Gasteiger partial charge in [0.1, 0.15) is 4.99 Å². The minimum Gasteiger partial charge on any atom is -0.379 e. The van der Waals surface area contributed by atoms with Crippen LogP contribution >= 0.6 is 12.2 Å². The maximum absolute atomic E-state index is 5.20. The summed E-state index contributed by atoms with van der Waals surface area (Å²) in [6, 6.07) is 4.32. The van der Waals surface area contributed by atoms with Gasteiger partial charge in [0.25, 0.3) is 0 Å². The highest BCUT2D eigenvalue weighted by Gasteiger charge is 2.04. The van der Waals surface area contributed by atoms with Crippen LogP contribution in [0.5, 0.6) is 0 Å². The quantitative estimate of drug-likeness (QED) is 0.688. The predicted octanol–water partition coefficient (Wildman–Crippen LogP) is 2.51. The number of hydrogen-bond donors (Lipinski definition) is 1. The lowest BCUT2D eigenvalue weighted by Gasteiger charge is -2.10. The number of aryl methyl sites for hydroxylation is 3. The Morgan fingerprint density at radius 3 is 2.15 bits per heavy atom. The van der Waals surface area contributed by atoms with Crippen LogP contribution in [0.1, 0.15) is 22.3 Å². The summed E-state index contributed by atoms with van der Waals surface area (Å²) in [4.78, 5) is 0.820. The van der Waals surface area contributed by atoms with E-state index in [0.29, 0.717) is 0 Å². The fourth-order valence-electron chi connectivity index (χ4n) is 1.34. The Kier molecular flexibility index (Phi) is 3.04. The molecule has 0 fully saturated rings. The Morgan fingerprint density at radius 2 is 1.62 bits per heavy atom. The Bertz CT molecular complexity index is 342. The lowest BCUT2D eigenvalue weighted by molar-refractivity contribution is 1.19. The van der Waals surface area contributed by atoms with Gasteiger partial charge in [-0.3, -0.25) is 0 Å². The van der Waals surface area contributed by atoms with Crippen molar-refractivity contribution in [3.63, 3.8) is 0 Å². The van der Waals surface area contributed by atoms with Crippen molar-refractivity contribution < 1.29 is 0 Å². The van der Waals surface area contributed by atoms with Gasteiger partial charge in [0.05, 0.1) is 0 Å². The van der Waals surface area contributed by atoms with Gasteiger partial charge in [-0.2, -0.15) is 0 Å². The number of nitrogens with one attached hydrogen (secondary N) is 1. The molecule has 1 rings (SSSR count). The normalized spacial score (nSPS) is 9.85. The SMILES string of the molecule is CNC(=S)c1cc(C)c(C)cc1C. The van der Waals surface area contributed by atoms with E-state index in [-0.39, 0.29) is 0 Å². The van der Waals surface area contributed by atoms with Crippen LogP contribution < -0.4 is 5.32 Å².